The number of ether oxygens (including phenoxy) is 1. The zero-order valence-corrected chi connectivity index (χ0v) is 10.0. The summed E-state index contributed by atoms with van der Waals surface area (Å²) in [7, 11) is 0. The highest BCUT2D eigenvalue weighted by molar-refractivity contribution is 6.30. The molecule has 5 nitrogen and oxygen atoms in total. The quantitative estimate of drug-likeness (QED) is 0.831. The van der Waals surface area contributed by atoms with E-state index in [1.165, 1.54) is 12.3 Å². The molecule has 0 spiro atoms. The number of nitrogens with two attached hydrogens (primary N) is 2. The Morgan fingerprint density at radius 1 is 1.28 bits per heavy atom. The van der Waals surface area contributed by atoms with Crippen molar-refractivity contribution in [2.24, 2.45) is 5.73 Å². The number of nitrogens with zero attached hydrogens (tertiary/aromatic N) is 1. The van der Waals surface area contributed by atoms with Crippen LogP contribution in [0.2, 0.25) is 5.02 Å². The summed E-state index contributed by atoms with van der Waals surface area (Å²) in [5, 5.41) is 0.503. The van der Waals surface area contributed by atoms with Gasteiger partial charge in [0, 0.05) is 23.4 Å². The third-order valence-electron chi connectivity index (χ3n) is 2.19. The number of nitrogen functional groups attached to an aromatic ring is 1. The maximum absolute atomic E-state index is 11.0. The van der Waals surface area contributed by atoms with Crippen LogP contribution in [0.1, 0.15) is 10.5 Å². The van der Waals surface area contributed by atoms with Crippen LogP contribution in [0.25, 0.3) is 0 Å². The van der Waals surface area contributed by atoms with Gasteiger partial charge in [-0.15, -0.1) is 0 Å². The van der Waals surface area contributed by atoms with E-state index in [0.717, 1.165) is 0 Å². The number of carbonyl (C=O) groups is 1. The van der Waals surface area contributed by atoms with E-state index < -0.39 is 5.91 Å². The molecule has 0 aliphatic heterocycles. The van der Waals surface area contributed by atoms with Crippen molar-refractivity contribution in [1.29, 1.82) is 0 Å². The average Bonchev–Trinajstić information content (AvgIpc) is 2.34. The number of amides is 1. The fraction of sp³-hybridized carbons (Fsp3) is 0. The van der Waals surface area contributed by atoms with Crippen LogP contribution in [0.5, 0.6) is 11.5 Å². The lowest BCUT2D eigenvalue weighted by atomic mass is 10.3. The number of benzene rings is 1. The van der Waals surface area contributed by atoms with E-state index in [2.05, 4.69) is 4.98 Å². The van der Waals surface area contributed by atoms with Crippen molar-refractivity contribution in [3.05, 3.63) is 47.2 Å². The summed E-state index contributed by atoms with van der Waals surface area (Å²) in [4.78, 5) is 14.8. The monoisotopic (exact) mass is 263 g/mol. The summed E-state index contributed by atoms with van der Waals surface area (Å²) >= 11 is 5.84. The molecule has 0 saturated heterocycles. The first-order valence-electron chi connectivity index (χ1n) is 5.05. The molecule has 2 rings (SSSR count). The van der Waals surface area contributed by atoms with Crippen LogP contribution in [-0.4, -0.2) is 10.9 Å². The molecule has 0 fully saturated rings. The van der Waals surface area contributed by atoms with E-state index in [9.17, 15) is 4.79 Å². The molecule has 0 bridgehead atoms. The van der Waals surface area contributed by atoms with Crippen molar-refractivity contribution in [1.82, 2.24) is 4.98 Å². The van der Waals surface area contributed by atoms with Crippen molar-refractivity contribution in [2.45, 2.75) is 0 Å². The Kier molecular flexibility index (Phi) is 3.34. The molecule has 1 aromatic heterocycles. The molecular formula is C12H10ClN3O2. The van der Waals surface area contributed by atoms with Crippen molar-refractivity contribution in [2.75, 3.05) is 5.73 Å². The van der Waals surface area contributed by atoms with Crippen LogP contribution < -0.4 is 16.2 Å². The average molecular weight is 264 g/mol. The van der Waals surface area contributed by atoms with E-state index in [0.29, 0.717) is 22.2 Å². The molecule has 2 aromatic rings. The number of primary amides is 1. The van der Waals surface area contributed by atoms with Gasteiger partial charge in [0.2, 0.25) is 0 Å². The van der Waals surface area contributed by atoms with Gasteiger partial charge in [0.05, 0.1) is 5.69 Å². The smallest absolute Gasteiger partial charge is 0.267 e. The highest BCUT2D eigenvalue weighted by Crippen LogP contribution is 2.30. The number of hydrogen-bond acceptors (Lipinski definition) is 4. The molecule has 0 saturated carbocycles. The van der Waals surface area contributed by atoms with Gasteiger partial charge in [-0.3, -0.25) is 9.78 Å². The van der Waals surface area contributed by atoms with Crippen LogP contribution in [0.15, 0.2) is 36.5 Å². The van der Waals surface area contributed by atoms with Gasteiger partial charge in [0.15, 0.2) is 5.75 Å². The van der Waals surface area contributed by atoms with Gasteiger partial charge in [-0.05, 0) is 18.2 Å². The van der Waals surface area contributed by atoms with E-state index in [4.69, 9.17) is 27.8 Å². The molecule has 18 heavy (non-hydrogen) atoms. The Labute approximate surface area is 108 Å². The van der Waals surface area contributed by atoms with Crippen molar-refractivity contribution in [3.8, 4) is 11.5 Å². The van der Waals surface area contributed by atoms with Gasteiger partial charge in [-0.2, -0.15) is 0 Å². The maximum atomic E-state index is 11.0. The van der Waals surface area contributed by atoms with E-state index in [-0.39, 0.29) is 5.69 Å². The van der Waals surface area contributed by atoms with E-state index >= 15 is 0 Å². The van der Waals surface area contributed by atoms with Crippen LogP contribution in [-0.2, 0) is 0 Å². The van der Waals surface area contributed by atoms with Crippen LogP contribution >= 0.6 is 11.6 Å². The number of halogens is 1. The fourth-order valence-corrected chi connectivity index (χ4v) is 1.50. The highest BCUT2D eigenvalue weighted by Gasteiger charge is 2.07. The molecule has 1 aromatic carbocycles. The molecule has 6 heteroatoms. The van der Waals surface area contributed by atoms with Crippen LogP contribution in [0, 0.1) is 0 Å². The fourth-order valence-electron chi connectivity index (χ4n) is 1.33. The predicted octanol–water partition coefficient (Wildman–Crippen LogP) is 2.21. The molecule has 92 valence electrons. The van der Waals surface area contributed by atoms with Crippen LogP contribution in [0.4, 0.5) is 5.69 Å². The molecule has 0 aliphatic rings. The lowest BCUT2D eigenvalue weighted by molar-refractivity contribution is 0.0995. The lowest BCUT2D eigenvalue weighted by Crippen LogP contribution is -2.12. The van der Waals surface area contributed by atoms with Crippen molar-refractivity contribution < 1.29 is 9.53 Å². The normalized spacial score (nSPS) is 10.1. The molecule has 1 amide bonds. The van der Waals surface area contributed by atoms with Gasteiger partial charge < -0.3 is 16.2 Å². The number of hydrogen-bond donors (Lipinski definition) is 2. The van der Waals surface area contributed by atoms with Gasteiger partial charge in [0.25, 0.3) is 5.91 Å². The third kappa shape index (κ3) is 2.70. The molecule has 0 unspecified atom stereocenters. The summed E-state index contributed by atoms with van der Waals surface area (Å²) in [6.07, 6.45) is 1.43. The highest BCUT2D eigenvalue weighted by atomic mass is 35.5. The van der Waals surface area contributed by atoms with Gasteiger partial charge in [0.1, 0.15) is 11.4 Å². The number of carbonyl (C=O) groups excluding carboxylic acids is 1. The first-order chi connectivity index (χ1) is 8.56. The number of rotatable bonds is 3. The zero-order chi connectivity index (χ0) is 13.1. The van der Waals surface area contributed by atoms with Gasteiger partial charge >= 0.3 is 0 Å². The Morgan fingerprint density at radius 3 is 2.78 bits per heavy atom. The molecule has 4 N–H and O–H groups in total. The summed E-state index contributed by atoms with van der Waals surface area (Å²) in [6.45, 7) is 0. The number of anilines is 1. The van der Waals surface area contributed by atoms with Crippen LogP contribution in [0.3, 0.4) is 0 Å². The Balaban J connectivity index is 2.31. The largest absolute Gasteiger partial charge is 0.455 e. The predicted molar refractivity (Wildman–Crippen MR) is 68.7 cm³/mol. The van der Waals surface area contributed by atoms with Crippen molar-refractivity contribution in [3.63, 3.8) is 0 Å². The summed E-state index contributed by atoms with van der Waals surface area (Å²) < 4.78 is 5.52. The first kappa shape index (κ1) is 12.2. The minimum Gasteiger partial charge on any atom is -0.455 e. The Hall–Kier alpha value is -2.27. The van der Waals surface area contributed by atoms with Crippen molar-refractivity contribution >= 4 is 23.2 Å². The number of aromatic nitrogens is 1. The SMILES string of the molecule is NC(=O)c1cc(Oc2cc(Cl)ccc2N)ccn1. The van der Waals surface area contributed by atoms with Gasteiger partial charge in [-0.25, -0.2) is 0 Å². The van der Waals surface area contributed by atoms with E-state index in [1.807, 2.05) is 0 Å². The summed E-state index contributed by atoms with van der Waals surface area (Å²) in [5.74, 6) is 0.191. The van der Waals surface area contributed by atoms with E-state index in [1.54, 1.807) is 24.3 Å². The minimum absolute atomic E-state index is 0.119. The summed E-state index contributed by atoms with van der Waals surface area (Å²) in [5.41, 5.74) is 11.4. The Bertz CT molecular complexity index is 602. The molecular weight excluding hydrogens is 254 g/mol. The topological polar surface area (TPSA) is 91.2 Å². The lowest BCUT2D eigenvalue weighted by Gasteiger charge is -2.09. The van der Waals surface area contributed by atoms with Gasteiger partial charge in [-0.1, -0.05) is 11.6 Å². The second-order valence-electron chi connectivity index (χ2n) is 3.53. The summed E-state index contributed by atoms with van der Waals surface area (Å²) in [6, 6.07) is 7.90. The Morgan fingerprint density at radius 2 is 2.06 bits per heavy atom. The minimum atomic E-state index is -0.625. The standard InChI is InChI=1S/C12H10ClN3O2/c13-7-1-2-9(14)11(5-7)18-8-3-4-16-10(6-8)12(15)17/h1-6H,14H2,(H2,15,17). The maximum Gasteiger partial charge on any atom is 0.267 e. The molecule has 0 aliphatic carbocycles. The third-order valence-corrected chi connectivity index (χ3v) is 2.42. The second-order valence-corrected chi connectivity index (χ2v) is 3.96. The molecule has 0 atom stereocenters. The zero-order valence-electron chi connectivity index (χ0n) is 9.26. The first-order valence-corrected chi connectivity index (χ1v) is 5.43. The number of pyridine rings is 1. The molecule has 0 radical (unpaired) electrons. The second kappa shape index (κ2) is 4.93. The molecule has 1 heterocycles.